The summed E-state index contributed by atoms with van der Waals surface area (Å²) in [6, 6.07) is 0. The molecule has 0 aliphatic heterocycles. The fourth-order valence-corrected chi connectivity index (χ4v) is 0. The summed E-state index contributed by atoms with van der Waals surface area (Å²) in [5.41, 5.74) is 0. The van der Waals surface area contributed by atoms with Crippen LogP contribution in [0.5, 0.6) is 0 Å². The van der Waals surface area contributed by atoms with Gasteiger partial charge in [-0.2, -0.15) is 0 Å². The smallest absolute Gasteiger partial charge is 1.00 e. The molecule has 0 saturated carbocycles. The van der Waals surface area contributed by atoms with Gasteiger partial charge in [0.2, 0.25) is 0 Å². The molecule has 0 aliphatic carbocycles. The molecule has 0 atom stereocenters. The number of rotatable bonds is 0. The van der Waals surface area contributed by atoms with E-state index in [4.69, 9.17) is 0 Å². The van der Waals surface area contributed by atoms with Crippen LogP contribution in [0, 0.1) is 0 Å². The average Bonchev–Trinajstić information content (AvgIpc) is 0. The van der Waals surface area contributed by atoms with E-state index in [1.165, 1.54) is 0 Å². The van der Waals surface area contributed by atoms with Crippen LogP contribution in [0.25, 0.3) is 0 Å². The molecule has 0 radical (unpaired) electrons. The van der Waals surface area contributed by atoms with Crippen molar-refractivity contribution in [2.45, 2.75) is 0 Å². The standard InChI is InChI=1S/Al.2Sr.Zn.7H/q;2*+2;;;;;4*-1. The maximum atomic E-state index is 0. The van der Waals surface area contributed by atoms with Gasteiger partial charge in [0.05, 0.1) is 0 Å². The number of hydrogen-bond donors (Lipinski definition) is 0. The largest absolute Gasteiger partial charge is 2.00 e. The van der Waals surface area contributed by atoms with Crippen molar-refractivity contribution in [3.8, 4) is 0 Å². The molecule has 0 rings (SSSR count). The van der Waals surface area contributed by atoms with Gasteiger partial charge in [0.25, 0.3) is 0 Å². The minimum Gasteiger partial charge on any atom is -1.00 e. The van der Waals surface area contributed by atoms with Gasteiger partial charge in [-0.15, -0.1) is 0 Å². The molecule has 0 aromatic carbocycles. The Balaban J connectivity index is 0. The predicted octanol–water partition coefficient (Wildman–Crippen LogP) is -1.50. The van der Waals surface area contributed by atoms with Crippen molar-refractivity contribution >= 4 is 108 Å². The first-order chi connectivity index (χ1) is 0. The van der Waals surface area contributed by atoms with Gasteiger partial charge in [-0.1, -0.05) is 0 Å². The Morgan fingerprint density at radius 1 is 1.00 bits per heavy atom. The van der Waals surface area contributed by atoms with E-state index in [-0.39, 0.29) is 134 Å². The van der Waals surface area contributed by atoms with E-state index in [1.807, 2.05) is 0 Å². The Labute approximate surface area is 130 Å². The van der Waals surface area contributed by atoms with Crippen LogP contribution in [-0.4, -0.2) is 108 Å². The second kappa shape index (κ2) is 15.7. The summed E-state index contributed by atoms with van der Waals surface area (Å²) in [6.07, 6.45) is 0. The molecule has 0 bridgehead atoms. The van der Waals surface area contributed by atoms with Gasteiger partial charge in [0, 0.05) is 19.5 Å². The van der Waals surface area contributed by atoms with Gasteiger partial charge >= 0.3 is 91.0 Å². The van der Waals surface area contributed by atoms with E-state index in [0.717, 1.165) is 0 Å². The molecule has 0 nitrogen and oxygen atoms in total. The van der Waals surface area contributed by atoms with E-state index in [2.05, 4.69) is 0 Å². The summed E-state index contributed by atoms with van der Waals surface area (Å²) < 4.78 is 0. The van der Waals surface area contributed by atoms with Crippen LogP contribution in [0.2, 0.25) is 0 Å². The average molecular weight is 275 g/mol. The summed E-state index contributed by atoms with van der Waals surface area (Å²) in [6.45, 7) is 0. The molecule has 0 fully saturated rings. The van der Waals surface area contributed by atoms with Crippen LogP contribution in [0.3, 0.4) is 0 Å². The summed E-state index contributed by atoms with van der Waals surface area (Å²) in [4.78, 5) is 0. The quantitative estimate of drug-likeness (QED) is 0.472. The van der Waals surface area contributed by atoms with Crippen LogP contribution in [0.4, 0.5) is 0 Å². The minimum atomic E-state index is 0. The molecular formula is H7AlSr2Zn. The Hall–Kier alpha value is 4.12. The van der Waals surface area contributed by atoms with Gasteiger partial charge in [-0.25, -0.2) is 0 Å². The molecule has 0 saturated heterocycles. The van der Waals surface area contributed by atoms with E-state index in [0.29, 0.717) is 0 Å². The second-order valence-corrected chi connectivity index (χ2v) is 0. The fourth-order valence-electron chi connectivity index (χ4n) is 0. The van der Waals surface area contributed by atoms with Gasteiger partial charge in [0.15, 0.2) is 17.4 Å². The van der Waals surface area contributed by atoms with Crippen molar-refractivity contribution in [2.75, 3.05) is 0 Å². The molecule has 0 heterocycles. The Kier molecular flexibility index (Phi) is 95.3. The van der Waals surface area contributed by atoms with Crippen molar-refractivity contribution in [2.24, 2.45) is 0 Å². The minimum absolute atomic E-state index is 0. The molecule has 0 aromatic rings. The van der Waals surface area contributed by atoms with Crippen molar-refractivity contribution in [1.82, 2.24) is 0 Å². The third kappa shape index (κ3) is 9.45. The third-order valence-electron chi connectivity index (χ3n) is 0. The summed E-state index contributed by atoms with van der Waals surface area (Å²) in [5, 5.41) is 0. The number of hydrogen-bond acceptors (Lipinski definition) is 0. The van der Waals surface area contributed by atoms with Crippen LogP contribution in [-0.2, 0) is 19.5 Å². The first-order valence-electron chi connectivity index (χ1n) is 0. The molecule has 0 N–H and O–H groups in total. The van der Waals surface area contributed by atoms with Crippen molar-refractivity contribution in [1.29, 1.82) is 0 Å². The third-order valence-corrected chi connectivity index (χ3v) is 0. The zero-order chi connectivity index (χ0) is 0. The maximum absolute atomic E-state index is 0. The van der Waals surface area contributed by atoms with Crippen LogP contribution in [0.1, 0.15) is 5.71 Å². The zero-order valence-corrected chi connectivity index (χ0v) is 12.0. The second-order valence-electron chi connectivity index (χ2n) is 0. The van der Waals surface area contributed by atoms with Crippen molar-refractivity contribution in [3.05, 3.63) is 0 Å². The molecule has 0 amide bonds. The van der Waals surface area contributed by atoms with Crippen LogP contribution in [0.15, 0.2) is 0 Å². The molecule has 4 heavy (non-hydrogen) atoms. The summed E-state index contributed by atoms with van der Waals surface area (Å²) in [5.74, 6) is 0. The van der Waals surface area contributed by atoms with Crippen LogP contribution >= 0.6 is 0 Å². The first-order valence-corrected chi connectivity index (χ1v) is 0. The molecular weight excluding hydrogens is 268 g/mol. The molecule has 0 aliphatic rings. The predicted molar refractivity (Wildman–Crippen MR) is 25.9 cm³/mol. The van der Waals surface area contributed by atoms with E-state index in [1.54, 1.807) is 0 Å². The SMILES string of the molecule is [AlH3].[H-].[H-].[H-].[H-].[Sr+2].[Sr+2].[Zn]. The van der Waals surface area contributed by atoms with Crippen molar-refractivity contribution < 1.29 is 25.2 Å². The zero-order valence-electron chi connectivity index (χ0n) is 6.12. The Morgan fingerprint density at radius 2 is 1.00 bits per heavy atom. The van der Waals surface area contributed by atoms with Crippen molar-refractivity contribution in [3.63, 3.8) is 0 Å². The first kappa shape index (κ1) is 24.3. The van der Waals surface area contributed by atoms with Gasteiger partial charge in [0.1, 0.15) is 0 Å². The van der Waals surface area contributed by atoms with Crippen LogP contribution < -0.4 is 0 Å². The molecule has 4 heteroatoms. The Morgan fingerprint density at radius 3 is 1.00 bits per heavy atom. The van der Waals surface area contributed by atoms with Gasteiger partial charge in [-0.05, 0) is 0 Å². The fraction of sp³-hybridized carbons (Fsp3) is 0. The molecule has 0 unspecified atom stereocenters. The Bertz CT molecular complexity index is 14.0. The monoisotopic (exact) mass is 274 g/mol. The summed E-state index contributed by atoms with van der Waals surface area (Å²) >= 11 is 0. The molecule has 16 valence electrons. The molecule has 0 aromatic heterocycles. The summed E-state index contributed by atoms with van der Waals surface area (Å²) in [7, 11) is 0. The maximum Gasteiger partial charge on any atom is 2.00 e. The topological polar surface area (TPSA) is 0 Å². The normalized spacial score (nSPS) is 0. The van der Waals surface area contributed by atoms with Gasteiger partial charge in [-0.3, -0.25) is 0 Å². The van der Waals surface area contributed by atoms with E-state index in [9.17, 15) is 0 Å². The van der Waals surface area contributed by atoms with Gasteiger partial charge < -0.3 is 5.71 Å². The van der Waals surface area contributed by atoms with E-state index >= 15 is 0 Å². The van der Waals surface area contributed by atoms with E-state index < -0.39 is 0 Å². The molecule has 0 spiro atoms.